The maximum absolute atomic E-state index is 12.6. The van der Waals surface area contributed by atoms with Crippen LogP contribution in [0.2, 0.25) is 0 Å². The number of aliphatic imine (C=N–C) groups is 1. The second-order valence-corrected chi connectivity index (χ2v) is 9.87. The molecule has 0 atom stereocenters. The van der Waals surface area contributed by atoms with Gasteiger partial charge in [-0.2, -0.15) is 4.31 Å². The molecule has 168 valence electrons. The van der Waals surface area contributed by atoms with E-state index in [1.54, 1.807) is 19.3 Å². The predicted molar refractivity (Wildman–Crippen MR) is 123 cm³/mol. The highest BCUT2D eigenvalue weighted by molar-refractivity contribution is 14.0. The Balaban J connectivity index is 0.00000320. The van der Waals surface area contributed by atoms with Crippen molar-refractivity contribution in [3.8, 4) is 0 Å². The van der Waals surface area contributed by atoms with E-state index in [-0.39, 0.29) is 35.1 Å². The molecule has 0 radical (unpaired) electrons. The van der Waals surface area contributed by atoms with E-state index in [2.05, 4.69) is 41.2 Å². The molecule has 0 aliphatic carbocycles. The quantitative estimate of drug-likeness (QED) is 0.339. The molecular weight excluding hydrogens is 523 g/mol. The number of nitrogens with one attached hydrogen (secondary N) is 1. The van der Waals surface area contributed by atoms with Crippen molar-refractivity contribution in [2.75, 3.05) is 33.2 Å². The zero-order chi connectivity index (χ0) is 21.1. The summed E-state index contributed by atoms with van der Waals surface area (Å²) in [6.07, 6.45) is 3.12. The van der Waals surface area contributed by atoms with E-state index in [1.165, 1.54) is 10.6 Å². The molecule has 1 saturated heterocycles. The van der Waals surface area contributed by atoms with Gasteiger partial charge in [0.25, 0.3) is 0 Å². The second-order valence-electron chi connectivity index (χ2n) is 7.90. The third-order valence-corrected chi connectivity index (χ3v) is 6.47. The van der Waals surface area contributed by atoms with Crippen molar-refractivity contribution in [1.29, 1.82) is 0 Å². The van der Waals surface area contributed by atoms with Crippen LogP contribution in [0.3, 0.4) is 0 Å². The van der Waals surface area contributed by atoms with Crippen LogP contribution in [-0.2, 0) is 27.7 Å². The number of hydrogen-bond donors (Lipinski definition) is 1. The Morgan fingerprint density at radius 3 is 2.50 bits per heavy atom. The molecule has 0 bridgehead atoms. The smallest absolute Gasteiger partial charge is 0.220 e. The Hall–Kier alpha value is -1.67. The summed E-state index contributed by atoms with van der Waals surface area (Å²) in [6.45, 7) is 8.46. The first-order valence-electron chi connectivity index (χ1n) is 9.47. The molecule has 1 aliphatic heterocycles. The van der Waals surface area contributed by atoms with Crippen molar-refractivity contribution >= 4 is 40.0 Å². The predicted octanol–water partition coefficient (Wildman–Crippen LogP) is 1.80. The Morgan fingerprint density at radius 2 is 1.97 bits per heavy atom. The highest BCUT2D eigenvalue weighted by Gasteiger charge is 2.29. The Kier molecular flexibility index (Phi) is 8.27. The van der Waals surface area contributed by atoms with E-state index >= 15 is 0 Å². The van der Waals surface area contributed by atoms with E-state index in [0.717, 1.165) is 5.76 Å². The van der Waals surface area contributed by atoms with Crippen molar-refractivity contribution in [3.63, 3.8) is 0 Å². The summed E-state index contributed by atoms with van der Waals surface area (Å²) in [4.78, 5) is 10.6. The van der Waals surface area contributed by atoms with Crippen molar-refractivity contribution in [2.24, 2.45) is 4.99 Å². The van der Waals surface area contributed by atoms with Gasteiger partial charge in [-0.1, -0.05) is 25.9 Å². The average molecular weight is 552 g/mol. The fourth-order valence-corrected chi connectivity index (χ4v) is 4.42. The Bertz CT molecular complexity index is 928. The fourth-order valence-electron chi connectivity index (χ4n) is 2.99. The molecular formula is C18H29IN6O4S. The molecule has 3 heterocycles. The van der Waals surface area contributed by atoms with Crippen molar-refractivity contribution in [3.05, 3.63) is 35.9 Å². The number of hydrogen-bond acceptors (Lipinski definition) is 7. The number of oxazole rings is 1. The highest BCUT2D eigenvalue weighted by Crippen LogP contribution is 2.22. The molecule has 10 nitrogen and oxygen atoms in total. The lowest BCUT2D eigenvalue weighted by Crippen LogP contribution is -2.53. The maximum Gasteiger partial charge on any atom is 0.220 e. The lowest BCUT2D eigenvalue weighted by Gasteiger charge is -2.35. The van der Waals surface area contributed by atoms with Crippen LogP contribution in [-0.4, -0.2) is 66.9 Å². The van der Waals surface area contributed by atoms with Gasteiger partial charge in [-0.15, -0.1) is 24.0 Å². The molecule has 1 aliphatic rings. The number of nitrogens with zero attached hydrogens (tertiary/aromatic N) is 5. The monoisotopic (exact) mass is 552 g/mol. The van der Waals surface area contributed by atoms with Crippen LogP contribution in [0.4, 0.5) is 0 Å². The summed E-state index contributed by atoms with van der Waals surface area (Å²) >= 11 is 0. The molecule has 0 saturated carbocycles. The second kappa shape index (κ2) is 10.1. The molecule has 2 aromatic rings. The van der Waals surface area contributed by atoms with Gasteiger partial charge in [0.05, 0.1) is 18.4 Å². The zero-order valence-corrected chi connectivity index (χ0v) is 20.8. The van der Waals surface area contributed by atoms with Gasteiger partial charge in [0, 0.05) is 44.7 Å². The zero-order valence-electron chi connectivity index (χ0n) is 17.7. The summed E-state index contributed by atoms with van der Waals surface area (Å²) in [7, 11) is -1.73. The normalized spacial score (nSPS) is 16.4. The van der Waals surface area contributed by atoms with Crippen molar-refractivity contribution in [2.45, 2.75) is 38.5 Å². The van der Waals surface area contributed by atoms with E-state index < -0.39 is 10.0 Å². The van der Waals surface area contributed by atoms with Gasteiger partial charge in [-0.25, -0.2) is 13.4 Å². The molecule has 0 unspecified atom stereocenters. The van der Waals surface area contributed by atoms with Crippen LogP contribution >= 0.6 is 24.0 Å². The van der Waals surface area contributed by atoms with E-state index in [9.17, 15) is 8.42 Å². The largest absolute Gasteiger partial charge is 0.443 e. The first kappa shape index (κ1) is 24.6. The topological polar surface area (TPSA) is 117 Å². The summed E-state index contributed by atoms with van der Waals surface area (Å²) in [5.41, 5.74) is 0.311. The first-order chi connectivity index (χ1) is 13.7. The number of rotatable bonds is 5. The van der Waals surface area contributed by atoms with Crippen molar-refractivity contribution in [1.82, 2.24) is 24.7 Å². The number of sulfonamides is 1. The number of aromatic nitrogens is 2. The minimum Gasteiger partial charge on any atom is -0.443 e. The van der Waals surface area contributed by atoms with Gasteiger partial charge in [0.15, 0.2) is 5.96 Å². The van der Waals surface area contributed by atoms with Gasteiger partial charge in [0.2, 0.25) is 15.9 Å². The van der Waals surface area contributed by atoms with Gasteiger partial charge in [0.1, 0.15) is 17.8 Å². The van der Waals surface area contributed by atoms with Gasteiger partial charge < -0.3 is 19.2 Å². The van der Waals surface area contributed by atoms with Crippen LogP contribution < -0.4 is 5.32 Å². The van der Waals surface area contributed by atoms with Gasteiger partial charge >= 0.3 is 0 Å². The molecule has 1 N–H and O–H groups in total. The third kappa shape index (κ3) is 6.17. The van der Waals surface area contributed by atoms with Crippen LogP contribution in [0.1, 0.15) is 38.1 Å². The van der Waals surface area contributed by atoms with Gasteiger partial charge in [-0.3, -0.25) is 4.99 Å². The minimum atomic E-state index is -3.43. The molecule has 0 amide bonds. The lowest BCUT2D eigenvalue weighted by atomic mass is 9.94. The van der Waals surface area contributed by atoms with E-state index in [0.29, 0.717) is 50.3 Å². The van der Waals surface area contributed by atoms with Crippen molar-refractivity contribution < 1.29 is 17.4 Å². The molecule has 0 spiro atoms. The maximum atomic E-state index is 12.6. The minimum absolute atomic E-state index is 0. The molecule has 3 rings (SSSR count). The molecule has 0 aromatic carbocycles. The SMILES string of the molecule is CN=C(NCc1ncc(C(C)(C)C)o1)N1CCN(S(=O)(=O)Cc2ccon2)CC1.I. The number of halogens is 1. The molecule has 2 aromatic heterocycles. The lowest BCUT2D eigenvalue weighted by molar-refractivity contribution is 0.259. The standard InChI is InChI=1S/C18H28N6O4S.HI/c1-18(2,3)15-11-20-16(28-15)12-21-17(19-4)23-6-8-24(9-7-23)29(25,26)13-14-5-10-27-22-14;/h5,10-11H,6-9,12-13H2,1-4H3,(H,19,21);1H. The fraction of sp³-hybridized carbons (Fsp3) is 0.611. The summed E-state index contributed by atoms with van der Waals surface area (Å²) in [5.74, 6) is 1.95. The summed E-state index contributed by atoms with van der Waals surface area (Å²) in [5, 5.41) is 6.93. The Morgan fingerprint density at radius 1 is 1.27 bits per heavy atom. The van der Waals surface area contributed by atoms with Crippen LogP contribution in [0.25, 0.3) is 0 Å². The van der Waals surface area contributed by atoms with Crippen LogP contribution in [0.15, 0.2) is 32.5 Å². The third-order valence-electron chi connectivity index (χ3n) is 4.66. The number of piperazine rings is 1. The van der Waals surface area contributed by atoms with E-state index in [4.69, 9.17) is 8.94 Å². The van der Waals surface area contributed by atoms with Crippen LogP contribution in [0, 0.1) is 0 Å². The van der Waals surface area contributed by atoms with E-state index in [1.807, 2.05) is 4.90 Å². The summed E-state index contributed by atoms with van der Waals surface area (Å²) in [6, 6.07) is 1.56. The van der Waals surface area contributed by atoms with Gasteiger partial charge in [-0.05, 0) is 0 Å². The van der Waals surface area contributed by atoms with Crippen LogP contribution in [0.5, 0.6) is 0 Å². The number of guanidine groups is 1. The first-order valence-corrected chi connectivity index (χ1v) is 11.1. The average Bonchev–Trinajstić information content (AvgIpc) is 3.34. The molecule has 30 heavy (non-hydrogen) atoms. The molecule has 1 fully saturated rings. The highest BCUT2D eigenvalue weighted by atomic mass is 127. The molecule has 12 heteroatoms. The summed E-state index contributed by atoms with van der Waals surface area (Å²) < 4.78 is 37.1. The Labute approximate surface area is 194 Å².